The van der Waals surface area contributed by atoms with Gasteiger partial charge in [0.25, 0.3) is 0 Å². The van der Waals surface area contributed by atoms with Crippen molar-refractivity contribution in [2.24, 2.45) is 5.92 Å². The van der Waals surface area contributed by atoms with Gasteiger partial charge in [-0.05, 0) is 39.9 Å². The van der Waals surface area contributed by atoms with E-state index in [1.807, 2.05) is 0 Å². The van der Waals surface area contributed by atoms with Crippen LogP contribution in [0.1, 0.15) is 39.5 Å². The van der Waals surface area contributed by atoms with Gasteiger partial charge in [-0.15, -0.1) is 0 Å². The molecule has 1 rings (SSSR count). The quantitative estimate of drug-likeness (QED) is 0.744. The first-order valence-electron chi connectivity index (χ1n) is 5.89. The number of nitrogens with zero attached hydrogens (tertiary/aromatic N) is 1. The van der Waals surface area contributed by atoms with E-state index in [0.717, 1.165) is 0 Å². The van der Waals surface area contributed by atoms with Crippen molar-refractivity contribution >= 4 is 0 Å². The Morgan fingerprint density at radius 1 is 1.14 bits per heavy atom. The summed E-state index contributed by atoms with van der Waals surface area (Å²) in [6.07, 6.45) is 5.49. The predicted molar refractivity (Wildman–Crippen MR) is 62.6 cm³/mol. The van der Waals surface area contributed by atoms with E-state index in [1.165, 1.54) is 25.7 Å². The molecule has 0 heterocycles. The van der Waals surface area contributed by atoms with E-state index in [1.54, 1.807) is 0 Å². The first kappa shape index (κ1) is 12.0. The van der Waals surface area contributed by atoms with E-state index in [2.05, 4.69) is 45.2 Å². The van der Waals surface area contributed by atoms with Crippen molar-refractivity contribution in [3.8, 4) is 0 Å². The average Bonchev–Trinajstić information content (AvgIpc) is 2.54. The fraction of sp³-hybridized carbons (Fsp3) is 1.00. The van der Waals surface area contributed by atoms with Crippen LogP contribution in [-0.2, 0) is 0 Å². The zero-order valence-corrected chi connectivity index (χ0v) is 10.4. The van der Waals surface area contributed by atoms with Gasteiger partial charge in [-0.1, -0.05) is 26.7 Å². The van der Waals surface area contributed by atoms with E-state index in [-0.39, 0.29) is 0 Å². The minimum Gasteiger partial charge on any atom is -0.315 e. The van der Waals surface area contributed by atoms with Crippen LogP contribution in [0, 0.1) is 5.92 Å². The lowest BCUT2D eigenvalue weighted by Gasteiger charge is -2.45. The molecule has 1 saturated carbocycles. The summed E-state index contributed by atoms with van der Waals surface area (Å²) in [5, 5.41) is 3.52. The molecule has 1 aliphatic rings. The zero-order chi connectivity index (χ0) is 10.8. The fourth-order valence-electron chi connectivity index (χ4n) is 3.25. The Morgan fingerprint density at radius 3 is 1.93 bits per heavy atom. The number of hydrogen-bond donors (Lipinski definition) is 1. The highest BCUT2D eigenvalue weighted by molar-refractivity contribution is 5.02. The number of likely N-dealkylation sites (N-methyl/N-ethyl adjacent to an activating group) is 2. The number of rotatable bonds is 4. The summed E-state index contributed by atoms with van der Waals surface area (Å²) >= 11 is 0. The van der Waals surface area contributed by atoms with Gasteiger partial charge in [0.05, 0.1) is 0 Å². The van der Waals surface area contributed by atoms with Gasteiger partial charge in [-0.2, -0.15) is 0 Å². The molecule has 0 aromatic rings. The van der Waals surface area contributed by atoms with Crippen LogP contribution >= 0.6 is 0 Å². The van der Waals surface area contributed by atoms with Crippen LogP contribution in [0.4, 0.5) is 0 Å². The predicted octanol–water partition coefficient (Wildman–Crippen LogP) is 2.10. The van der Waals surface area contributed by atoms with Crippen molar-refractivity contribution in [1.29, 1.82) is 0 Å². The van der Waals surface area contributed by atoms with E-state index in [9.17, 15) is 0 Å². The third kappa shape index (κ3) is 1.96. The summed E-state index contributed by atoms with van der Waals surface area (Å²) in [6.45, 7) is 4.65. The molecule has 2 heteroatoms. The second-order valence-corrected chi connectivity index (χ2v) is 5.22. The highest BCUT2D eigenvalue weighted by Crippen LogP contribution is 2.38. The summed E-state index contributed by atoms with van der Waals surface area (Å²) in [5.41, 5.74) is 0.406. The molecule has 0 bridgehead atoms. The van der Waals surface area contributed by atoms with Gasteiger partial charge >= 0.3 is 0 Å². The van der Waals surface area contributed by atoms with E-state index in [0.29, 0.717) is 17.5 Å². The smallest absolute Gasteiger partial charge is 0.0358 e. The monoisotopic (exact) mass is 198 g/mol. The number of nitrogens with one attached hydrogen (secondary N) is 1. The first-order chi connectivity index (χ1) is 6.54. The van der Waals surface area contributed by atoms with Crippen LogP contribution in [0.5, 0.6) is 0 Å². The molecule has 0 spiro atoms. The molecule has 0 amide bonds. The summed E-state index contributed by atoms with van der Waals surface area (Å²) in [7, 11) is 6.57. The maximum atomic E-state index is 3.52. The molecule has 0 aromatic carbocycles. The molecule has 1 aliphatic carbocycles. The van der Waals surface area contributed by atoms with Crippen molar-refractivity contribution in [1.82, 2.24) is 10.2 Å². The summed E-state index contributed by atoms with van der Waals surface area (Å²) in [5.74, 6) is 0.709. The van der Waals surface area contributed by atoms with Crippen molar-refractivity contribution in [2.45, 2.75) is 51.1 Å². The minimum absolute atomic E-state index is 0.406. The van der Waals surface area contributed by atoms with Crippen molar-refractivity contribution in [3.63, 3.8) is 0 Å². The van der Waals surface area contributed by atoms with Gasteiger partial charge in [-0.3, -0.25) is 0 Å². The highest BCUT2D eigenvalue weighted by atomic mass is 15.2. The van der Waals surface area contributed by atoms with E-state index >= 15 is 0 Å². The molecule has 1 N–H and O–H groups in total. The number of hydrogen-bond acceptors (Lipinski definition) is 2. The Morgan fingerprint density at radius 2 is 1.64 bits per heavy atom. The van der Waals surface area contributed by atoms with Gasteiger partial charge in [0.2, 0.25) is 0 Å². The topological polar surface area (TPSA) is 15.3 Å². The molecular weight excluding hydrogens is 172 g/mol. The van der Waals surface area contributed by atoms with Crippen molar-refractivity contribution in [2.75, 3.05) is 21.1 Å². The standard InChI is InChI=1S/C12H26N2/c1-10(2)11(13-3)12(14(4)5)8-6-7-9-12/h10-11,13H,6-9H2,1-5H3. The molecule has 14 heavy (non-hydrogen) atoms. The van der Waals surface area contributed by atoms with Gasteiger partial charge in [-0.25, -0.2) is 0 Å². The van der Waals surface area contributed by atoms with Crippen LogP contribution < -0.4 is 5.32 Å². The zero-order valence-electron chi connectivity index (χ0n) is 10.4. The molecular formula is C12H26N2. The lowest BCUT2D eigenvalue weighted by Crippen LogP contribution is -2.58. The Kier molecular flexibility index (Phi) is 3.96. The largest absolute Gasteiger partial charge is 0.315 e. The van der Waals surface area contributed by atoms with Crippen LogP contribution in [0.25, 0.3) is 0 Å². The lowest BCUT2D eigenvalue weighted by atomic mass is 9.80. The molecule has 0 aliphatic heterocycles. The Bertz CT molecular complexity index is 169. The Hall–Kier alpha value is -0.0800. The molecule has 0 saturated heterocycles. The molecule has 0 radical (unpaired) electrons. The maximum absolute atomic E-state index is 3.52. The third-order valence-electron chi connectivity index (χ3n) is 3.92. The highest BCUT2D eigenvalue weighted by Gasteiger charge is 2.43. The molecule has 1 fully saturated rings. The average molecular weight is 198 g/mol. The minimum atomic E-state index is 0.406. The first-order valence-corrected chi connectivity index (χ1v) is 5.89. The third-order valence-corrected chi connectivity index (χ3v) is 3.92. The van der Waals surface area contributed by atoms with Crippen LogP contribution in [-0.4, -0.2) is 37.6 Å². The summed E-state index contributed by atoms with van der Waals surface area (Å²) in [6, 6.07) is 0.625. The van der Waals surface area contributed by atoms with Gasteiger partial charge in [0.1, 0.15) is 0 Å². The molecule has 1 unspecified atom stereocenters. The molecule has 0 aromatic heterocycles. The van der Waals surface area contributed by atoms with Gasteiger partial charge in [0, 0.05) is 11.6 Å². The lowest BCUT2D eigenvalue weighted by molar-refractivity contribution is 0.0857. The maximum Gasteiger partial charge on any atom is 0.0358 e. The van der Waals surface area contributed by atoms with E-state index < -0.39 is 0 Å². The van der Waals surface area contributed by atoms with Gasteiger partial charge < -0.3 is 10.2 Å². The second kappa shape index (κ2) is 4.63. The van der Waals surface area contributed by atoms with Crippen LogP contribution in [0.3, 0.4) is 0 Å². The molecule has 2 nitrogen and oxygen atoms in total. The Balaban J connectivity index is 2.84. The van der Waals surface area contributed by atoms with Crippen molar-refractivity contribution < 1.29 is 0 Å². The second-order valence-electron chi connectivity index (χ2n) is 5.22. The summed E-state index contributed by atoms with van der Waals surface area (Å²) < 4.78 is 0. The van der Waals surface area contributed by atoms with Crippen LogP contribution in [0.15, 0.2) is 0 Å². The molecule has 1 atom stereocenters. The molecule has 84 valence electrons. The van der Waals surface area contributed by atoms with Crippen molar-refractivity contribution in [3.05, 3.63) is 0 Å². The summed E-state index contributed by atoms with van der Waals surface area (Å²) in [4.78, 5) is 2.45. The normalized spacial score (nSPS) is 23.4. The SMILES string of the molecule is CNC(C(C)C)C1(N(C)C)CCCC1. The van der Waals surface area contributed by atoms with Gasteiger partial charge in [0.15, 0.2) is 0 Å². The fourth-order valence-corrected chi connectivity index (χ4v) is 3.25. The van der Waals surface area contributed by atoms with Crippen LogP contribution in [0.2, 0.25) is 0 Å². The van der Waals surface area contributed by atoms with E-state index in [4.69, 9.17) is 0 Å². The Labute approximate surface area is 89.1 Å².